The normalized spacial score (nSPS) is 17.8. The fraction of sp³-hybridized carbons (Fsp3) is 0.474. The highest BCUT2D eigenvalue weighted by atomic mass is 127. The Morgan fingerprint density at radius 3 is 2.62 bits per heavy atom. The highest BCUT2D eigenvalue weighted by molar-refractivity contribution is 14.0. The van der Waals surface area contributed by atoms with Crippen LogP contribution in [0.25, 0.3) is 0 Å². The molecule has 3 rings (SSSR count). The van der Waals surface area contributed by atoms with E-state index in [-0.39, 0.29) is 30.0 Å². The Hall–Kier alpha value is -1.40. The molecule has 160 valence electrons. The molecule has 0 saturated carbocycles. The van der Waals surface area contributed by atoms with Crippen LogP contribution in [0, 0.1) is 6.92 Å². The number of aliphatic imine (C=N–C) groups is 1. The van der Waals surface area contributed by atoms with E-state index in [1.54, 1.807) is 30.5 Å². The highest BCUT2D eigenvalue weighted by Crippen LogP contribution is 2.29. The average molecular weight is 539 g/mol. The predicted octanol–water partition coefficient (Wildman–Crippen LogP) is 4.03. The van der Waals surface area contributed by atoms with Crippen molar-refractivity contribution in [2.45, 2.75) is 38.7 Å². The first-order chi connectivity index (χ1) is 13.3. The Morgan fingerprint density at radius 2 is 2.03 bits per heavy atom. The van der Waals surface area contributed by atoms with Crippen molar-refractivity contribution < 1.29 is 13.2 Å². The number of benzene rings is 1. The molecule has 10 heteroatoms. The van der Waals surface area contributed by atoms with Gasteiger partial charge in [0.1, 0.15) is 0 Å². The number of thiazole rings is 1. The van der Waals surface area contributed by atoms with E-state index in [0.29, 0.717) is 13.1 Å². The molecule has 0 radical (unpaired) electrons. The van der Waals surface area contributed by atoms with Gasteiger partial charge in [0.05, 0.1) is 17.1 Å². The van der Waals surface area contributed by atoms with Crippen LogP contribution < -0.4 is 10.6 Å². The summed E-state index contributed by atoms with van der Waals surface area (Å²) < 4.78 is 38.0. The molecule has 2 heterocycles. The second-order valence-electron chi connectivity index (χ2n) is 6.83. The van der Waals surface area contributed by atoms with E-state index in [0.717, 1.165) is 53.1 Å². The number of likely N-dealkylation sites (tertiary alicyclic amines) is 1. The quantitative estimate of drug-likeness (QED) is 0.343. The lowest BCUT2D eigenvalue weighted by molar-refractivity contribution is -0.137. The van der Waals surface area contributed by atoms with Gasteiger partial charge in [0.15, 0.2) is 5.96 Å². The summed E-state index contributed by atoms with van der Waals surface area (Å²) in [5, 5.41) is 7.75. The zero-order valence-corrected chi connectivity index (χ0v) is 19.4. The number of hydrogen-bond donors (Lipinski definition) is 2. The number of guanidine groups is 1. The Bertz CT molecular complexity index is 807. The number of hydrogen-bond acceptors (Lipinski definition) is 4. The first kappa shape index (κ1) is 23.9. The summed E-state index contributed by atoms with van der Waals surface area (Å²) in [6.07, 6.45) is -1.47. The average Bonchev–Trinajstić information content (AvgIpc) is 3.27. The fourth-order valence-corrected chi connectivity index (χ4v) is 3.93. The molecule has 5 nitrogen and oxygen atoms in total. The molecule has 1 fully saturated rings. The molecule has 1 saturated heterocycles. The van der Waals surface area contributed by atoms with E-state index in [2.05, 4.69) is 25.5 Å². The van der Waals surface area contributed by atoms with Crippen molar-refractivity contribution >= 4 is 41.3 Å². The molecule has 2 aromatic rings. The zero-order chi connectivity index (χ0) is 20.1. The van der Waals surface area contributed by atoms with Crippen LogP contribution >= 0.6 is 35.3 Å². The Labute approximate surface area is 189 Å². The standard InChI is InChI=1S/C19H24F3N5S.HI/c1-13-24-9-17(28-13)10-25-18(23-2)26-16-7-8-27(12-16)11-14-3-5-15(6-4-14)19(20,21)22;/h3-6,9,16H,7-8,10-12H2,1-2H3,(H2,23,25,26);1H. The molecule has 29 heavy (non-hydrogen) atoms. The van der Waals surface area contributed by atoms with Crippen LogP contribution in [0.2, 0.25) is 0 Å². The van der Waals surface area contributed by atoms with Crippen LogP contribution in [0.4, 0.5) is 13.2 Å². The van der Waals surface area contributed by atoms with Gasteiger partial charge in [-0.15, -0.1) is 35.3 Å². The van der Waals surface area contributed by atoms with Crippen LogP contribution in [0.3, 0.4) is 0 Å². The van der Waals surface area contributed by atoms with E-state index >= 15 is 0 Å². The minimum Gasteiger partial charge on any atom is -0.352 e. The zero-order valence-electron chi connectivity index (χ0n) is 16.3. The largest absolute Gasteiger partial charge is 0.416 e. The molecule has 1 atom stereocenters. The van der Waals surface area contributed by atoms with E-state index in [9.17, 15) is 13.2 Å². The Balaban J connectivity index is 0.00000300. The van der Waals surface area contributed by atoms with Gasteiger partial charge in [0.25, 0.3) is 0 Å². The predicted molar refractivity (Wildman–Crippen MR) is 121 cm³/mol. The molecular weight excluding hydrogens is 514 g/mol. The number of aromatic nitrogens is 1. The molecular formula is C19H25F3IN5S. The second kappa shape index (κ2) is 10.6. The van der Waals surface area contributed by atoms with Gasteiger partial charge in [0.2, 0.25) is 0 Å². The summed E-state index contributed by atoms with van der Waals surface area (Å²) in [4.78, 5) is 11.9. The van der Waals surface area contributed by atoms with E-state index in [1.807, 2.05) is 13.1 Å². The van der Waals surface area contributed by atoms with Crippen LogP contribution in [0.1, 0.15) is 27.4 Å². The van der Waals surface area contributed by atoms with Crippen LogP contribution in [0.5, 0.6) is 0 Å². The maximum Gasteiger partial charge on any atom is 0.416 e. The lowest BCUT2D eigenvalue weighted by Crippen LogP contribution is -2.44. The summed E-state index contributed by atoms with van der Waals surface area (Å²) in [7, 11) is 1.74. The van der Waals surface area contributed by atoms with Gasteiger partial charge in [-0.1, -0.05) is 12.1 Å². The van der Waals surface area contributed by atoms with Crippen molar-refractivity contribution in [3.05, 3.63) is 51.5 Å². The number of nitrogens with one attached hydrogen (secondary N) is 2. The molecule has 1 aromatic heterocycles. The summed E-state index contributed by atoms with van der Waals surface area (Å²) >= 11 is 1.65. The maximum atomic E-state index is 12.7. The lowest BCUT2D eigenvalue weighted by atomic mass is 10.1. The van der Waals surface area contributed by atoms with Gasteiger partial charge in [-0.05, 0) is 31.0 Å². The SMILES string of the molecule is CN=C(NCc1cnc(C)s1)NC1CCN(Cc2ccc(C(F)(F)F)cc2)C1.I. The van der Waals surface area contributed by atoms with Gasteiger partial charge >= 0.3 is 6.18 Å². The lowest BCUT2D eigenvalue weighted by Gasteiger charge is -2.19. The van der Waals surface area contributed by atoms with Crippen molar-refractivity contribution in [3.63, 3.8) is 0 Å². The van der Waals surface area contributed by atoms with Crippen molar-refractivity contribution in [2.75, 3.05) is 20.1 Å². The van der Waals surface area contributed by atoms with Crippen LogP contribution in [-0.2, 0) is 19.3 Å². The van der Waals surface area contributed by atoms with E-state index in [4.69, 9.17) is 0 Å². The summed E-state index contributed by atoms with van der Waals surface area (Å²) in [6, 6.07) is 5.66. The van der Waals surface area contributed by atoms with Crippen LogP contribution in [0.15, 0.2) is 35.5 Å². The first-order valence-electron chi connectivity index (χ1n) is 9.10. The molecule has 0 aliphatic carbocycles. The molecule has 2 N–H and O–H groups in total. The Kier molecular flexibility index (Phi) is 8.71. The molecule has 0 spiro atoms. The van der Waals surface area contributed by atoms with Crippen molar-refractivity contribution in [3.8, 4) is 0 Å². The molecule has 1 unspecified atom stereocenters. The van der Waals surface area contributed by atoms with Crippen molar-refractivity contribution in [2.24, 2.45) is 4.99 Å². The van der Waals surface area contributed by atoms with Gasteiger partial charge in [0, 0.05) is 43.8 Å². The smallest absolute Gasteiger partial charge is 0.352 e. The third-order valence-electron chi connectivity index (χ3n) is 4.62. The third kappa shape index (κ3) is 7.10. The topological polar surface area (TPSA) is 52.6 Å². The number of nitrogens with zero attached hydrogens (tertiary/aromatic N) is 3. The summed E-state index contributed by atoms with van der Waals surface area (Å²) in [5.41, 5.74) is 0.278. The van der Waals surface area contributed by atoms with Gasteiger partial charge in [-0.2, -0.15) is 13.2 Å². The number of aryl methyl sites for hydroxylation is 1. The Morgan fingerprint density at radius 1 is 1.31 bits per heavy atom. The highest BCUT2D eigenvalue weighted by Gasteiger charge is 2.30. The fourth-order valence-electron chi connectivity index (χ4n) is 3.20. The molecule has 0 bridgehead atoms. The second-order valence-corrected chi connectivity index (χ2v) is 8.15. The maximum absolute atomic E-state index is 12.7. The first-order valence-corrected chi connectivity index (χ1v) is 9.92. The molecule has 0 amide bonds. The van der Waals surface area contributed by atoms with Gasteiger partial charge in [-0.3, -0.25) is 9.89 Å². The molecule has 1 aromatic carbocycles. The summed E-state index contributed by atoms with van der Waals surface area (Å²) in [5.74, 6) is 0.743. The minimum absolute atomic E-state index is 0. The van der Waals surface area contributed by atoms with Gasteiger partial charge < -0.3 is 10.6 Å². The third-order valence-corrected chi connectivity index (χ3v) is 5.54. The van der Waals surface area contributed by atoms with E-state index in [1.165, 1.54) is 0 Å². The van der Waals surface area contributed by atoms with Gasteiger partial charge in [-0.25, -0.2) is 4.98 Å². The number of halogens is 4. The minimum atomic E-state index is -4.29. The van der Waals surface area contributed by atoms with E-state index < -0.39 is 11.7 Å². The van der Waals surface area contributed by atoms with Crippen molar-refractivity contribution in [1.82, 2.24) is 20.5 Å². The van der Waals surface area contributed by atoms with Crippen molar-refractivity contribution in [1.29, 1.82) is 0 Å². The monoisotopic (exact) mass is 539 g/mol. The van der Waals surface area contributed by atoms with Crippen LogP contribution in [-0.4, -0.2) is 42.0 Å². The molecule has 1 aliphatic heterocycles. The number of rotatable bonds is 5. The summed E-state index contributed by atoms with van der Waals surface area (Å²) in [6.45, 7) is 5.01. The number of alkyl halides is 3. The molecule has 1 aliphatic rings.